The number of amides is 1. The maximum atomic E-state index is 12.4. The topological polar surface area (TPSA) is 42.0 Å². The number of nitrogens with one attached hydrogen (secondary N) is 1. The number of hydrogen-bond donors (Lipinski definition) is 1. The Bertz CT molecular complexity index is 966. The Hall–Kier alpha value is -1.88. The van der Waals surface area contributed by atoms with E-state index in [0.29, 0.717) is 20.7 Å². The summed E-state index contributed by atoms with van der Waals surface area (Å²) < 4.78 is 0. The van der Waals surface area contributed by atoms with Crippen molar-refractivity contribution in [2.45, 2.75) is 20.8 Å². The number of aryl methyl sites for hydroxylation is 3. The zero-order valence-electron chi connectivity index (χ0n) is 14.0. The predicted octanol–water partition coefficient (Wildman–Crippen LogP) is 6.29. The van der Waals surface area contributed by atoms with Gasteiger partial charge in [0.25, 0.3) is 5.91 Å². The number of hydrogen-bond acceptors (Lipinski definition) is 3. The van der Waals surface area contributed by atoms with Crippen molar-refractivity contribution in [3.05, 3.63) is 68.0 Å². The predicted molar refractivity (Wildman–Crippen MR) is 106 cm³/mol. The van der Waals surface area contributed by atoms with E-state index in [2.05, 4.69) is 42.3 Å². The van der Waals surface area contributed by atoms with Gasteiger partial charge in [-0.15, -0.1) is 11.3 Å². The molecule has 3 nitrogen and oxygen atoms in total. The highest BCUT2D eigenvalue weighted by Crippen LogP contribution is 2.32. The van der Waals surface area contributed by atoms with Crippen molar-refractivity contribution < 1.29 is 4.79 Å². The van der Waals surface area contributed by atoms with Gasteiger partial charge in [-0.25, -0.2) is 4.98 Å². The number of thiazole rings is 1. The Kier molecular flexibility index (Phi) is 5.13. The first kappa shape index (κ1) is 17.9. The number of nitrogens with zero attached hydrogens (tertiary/aromatic N) is 1. The van der Waals surface area contributed by atoms with E-state index < -0.39 is 0 Å². The lowest BCUT2D eigenvalue weighted by molar-refractivity contribution is 0.102. The minimum absolute atomic E-state index is 0.265. The first-order valence-electron chi connectivity index (χ1n) is 7.66. The van der Waals surface area contributed by atoms with Gasteiger partial charge in [0.2, 0.25) is 0 Å². The molecule has 0 saturated heterocycles. The van der Waals surface area contributed by atoms with E-state index in [4.69, 9.17) is 23.2 Å². The van der Waals surface area contributed by atoms with Gasteiger partial charge < -0.3 is 0 Å². The van der Waals surface area contributed by atoms with Crippen molar-refractivity contribution in [2.24, 2.45) is 0 Å². The zero-order valence-corrected chi connectivity index (χ0v) is 16.3. The van der Waals surface area contributed by atoms with Crippen LogP contribution >= 0.6 is 34.5 Å². The average Bonchev–Trinajstić information content (AvgIpc) is 2.93. The summed E-state index contributed by atoms with van der Waals surface area (Å²) in [6.07, 6.45) is 0. The van der Waals surface area contributed by atoms with E-state index in [0.717, 1.165) is 16.1 Å². The standard InChI is InChI=1S/C19H16Cl2N2OS/c1-10-4-5-13(8-11(10)2)17-12(3)25-19(22-17)23-18(24)14-6-7-15(20)16(21)9-14/h4-9H,1-3H3,(H,22,23,24). The molecule has 1 heterocycles. The van der Waals surface area contributed by atoms with Gasteiger partial charge in [-0.3, -0.25) is 10.1 Å². The third-order valence-corrected chi connectivity index (χ3v) is 5.60. The Balaban J connectivity index is 1.85. The van der Waals surface area contributed by atoms with Gasteiger partial charge in [-0.1, -0.05) is 35.3 Å². The largest absolute Gasteiger partial charge is 0.298 e. The second-order valence-electron chi connectivity index (χ2n) is 5.81. The molecule has 0 fully saturated rings. The van der Waals surface area contributed by atoms with Gasteiger partial charge in [0.15, 0.2) is 5.13 Å². The van der Waals surface area contributed by atoms with Crippen molar-refractivity contribution in [3.63, 3.8) is 0 Å². The highest BCUT2D eigenvalue weighted by atomic mass is 35.5. The summed E-state index contributed by atoms with van der Waals surface area (Å²) in [5.74, 6) is -0.265. The van der Waals surface area contributed by atoms with Crippen molar-refractivity contribution in [2.75, 3.05) is 5.32 Å². The van der Waals surface area contributed by atoms with Gasteiger partial charge in [0.1, 0.15) is 0 Å². The Morgan fingerprint density at radius 2 is 1.76 bits per heavy atom. The van der Waals surface area contributed by atoms with Crippen molar-refractivity contribution in [1.82, 2.24) is 4.98 Å². The van der Waals surface area contributed by atoms with Crippen LogP contribution in [0.2, 0.25) is 10.0 Å². The van der Waals surface area contributed by atoms with E-state index in [9.17, 15) is 4.79 Å². The fourth-order valence-corrected chi connectivity index (χ4v) is 3.54. The number of halogens is 2. The van der Waals surface area contributed by atoms with E-state index in [1.165, 1.54) is 22.5 Å². The second-order valence-corrected chi connectivity index (χ2v) is 7.82. The van der Waals surface area contributed by atoms with Gasteiger partial charge in [-0.2, -0.15) is 0 Å². The Labute approximate surface area is 160 Å². The minimum Gasteiger partial charge on any atom is -0.298 e. The first-order valence-corrected chi connectivity index (χ1v) is 9.24. The quantitative estimate of drug-likeness (QED) is 0.570. The van der Waals surface area contributed by atoms with Gasteiger partial charge in [0.05, 0.1) is 15.7 Å². The molecule has 1 aromatic heterocycles. The molecule has 25 heavy (non-hydrogen) atoms. The van der Waals surface area contributed by atoms with Crippen LogP contribution in [0.5, 0.6) is 0 Å². The Morgan fingerprint density at radius 3 is 2.44 bits per heavy atom. The van der Waals surface area contributed by atoms with Crippen molar-refractivity contribution in [3.8, 4) is 11.3 Å². The third kappa shape index (κ3) is 3.87. The summed E-state index contributed by atoms with van der Waals surface area (Å²) in [6.45, 7) is 6.15. The molecule has 0 aliphatic heterocycles. The number of rotatable bonds is 3. The Morgan fingerprint density at radius 1 is 1.00 bits per heavy atom. The van der Waals surface area contributed by atoms with Crippen LogP contribution in [0.3, 0.4) is 0 Å². The summed E-state index contributed by atoms with van der Waals surface area (Å²) in [5.41, 5.74) is 4.83. The summed E-state index contributed by atoms with van der Waals surface area (Å²) >= 11 is 13.3. The highest BCUT2D eigenvalue weighted by Gasteiger charge is 2.14. The van der Waals surface area contributed by atoms with Gasteiger partial charge in [-0.05, 0) is 56.2 Å². The average molecular weight is 391 g/mol. The summed E-state index contributed by atoms with van der Waals surface area (Å²) in [6, 6.07) is 11.0. The van der Waals surface area contributed by atoms with Crippen molar-refractivity contribution >= 4 is 45.6 Å². The molecular weight excluding hydrogens is 375 g/mol. The lowest BCUT2D eigenvalue weighted by Crippen LogP contribution is -2.11. The molecule has 6 heteroatoms. The van der Waals surface area contributed by atoms with E-state index in [1.54, 1.807) is 18.2 Å². The molecule has 3 aromatic rings. The SMILES string of the molecule is Cc1ccc(-c2nc(NC(=O)c3ccc(Cl)c(Cl)c3)sc2C)cc1C. The van der Waals surface area contributed by atoms with Crippen LogP contribution in [-0.4, -0.2) is 10.9 Å². The number of carbonyl (C=O) groups excluding carboxylic acids is 1. The monoisotopic (exact) mass is 390 g/mol. The fourth-order valence-electron chi connectivity index (χ4n) is 2.41. The maximum Gasteiger partial charge on any atom is 0.257 e. The molecule has 1 amide bonds. The number of benzene rings is 2. The molecule has 0 aliphatic rings. The molecule has 0 atom stereocenters. The summed E-state index contributed by atoms with van der Waals surface area (Å²) in [5, 5.41) is 4.15. The molecule has 1 N–H and O–H groups in total. The first-order chi connectivity index (χ1) is 11.8. The molecule has 0 spiro atoms. The highest BCUT2D eigenvalue weighted by molar-refractivity contribution is 7.16. The van der Waals surface area contributed by atoms with Gasteiger partial charge >= 0.3 is 0 Å². The van der Waals surface area contributed by atoms with Crippen LogP contribution < -0.4 is 5.32 Å². The second kappa shape index (κ2) is 7.16. The number of aromatic nitrogens is 1. The summed E-state index contributed by atoms with van der Waals surface area (Å²) in [7, 11) is 0. The minimum atomic E-state index is -0.265. The van der Waals surface area contributed by atoms with Crippen LogP contribution in [0.4, 0.5) is 5.13 Å². The zero-order chi connectivity index (χ0) is 18.1. The normalized spacial score (nSPS) is 10.8. The van der Waals surface area contributed by atoms with Crippen LogP contribution in [-0.2, 0) is 0 Å². The molecule has 0 saturated carbocycles. The molecule has 128 valence electrons. The lowest BCUT2D eigenvalue weighted by atomic mass is 10.0. The molecule has 0 unspecified atom stereocenters. The number of anilines is 1. The van der Waals surface area contributed by atoms with Gasteiger partial charge in [0, 0.05) is 16.0 Å². The van der Waals surface area contributed by atoms with E-state index in [1.807, 2.05) is 6.92 Å². The lowest BCUT2D eigenvalue weighted by Gasteiger charge is -2.04. The number of carbonyl (C=O) groups is 1. The molecule has 0 bridgehead atoms. The third-order valence-electron chi connectivity index (χ3n) is 3.98. The van der Waals surface area contributed by atoms with Crippen LogP contribution in [0.15, 0.2) is 36.4 Å². The fraction of sp³-hybridized carbons (Fsp3) is 0.158. The maximum absolute atomic E-state index is 12.4. The summed E-state index contributed by atoms with van der Waals surface area (Å²) in [4.78, 5) is 18.0. The molecular formula is C19H16Cl2N2OS. The smallest absolute Gasteiger partial charge is 0.257 e. The van der Waals surface area contributed by atoms with Crippen molar-refractivity contribution in [1.29, 1.82) is 0 Å². The van der Waals surface area contributed by atoms with E-state index >= 15 is 0 Å². The molecule has 3 rings (SSSR count). The molecule has 0 aliphatic carbocycles. The van der Waals surface area contributed by atoms with Crippen LogP contribution in [0.25, 0.3) is 11.3 Å². The molecule has 0 radical (unpaired) electrons. The van der Waals surface area contributed by atoms with E-state index in [-0.39, 0.29) is 5.91 Å². The van der Waals surface area contributed by atoms with Crippen LogP contribution in [0, 0.1) is 20.8 Å². The van der Waals surface area contributed by atoms with Crippen LogP contribution in [0.1, 0.15) is 26.4 Å². The molecule has 2 aromatic carbocycles.